The van der Waals surface area contributed by atoms with Crippen molar-refractivity contribution in [2.45, 2.75) is 12.4 Å². The highest BCUT2D eigenvalue weighted by Crippen LogP contribution is 2.33. The van der Waals surface area contributed by atoms with Crippen molar-refractivity contribution in [3.05, 3.63) is 63.9 Å². The largest absolute Gasteiger partial charge is 0.573 e. The SMILES string of the molecule is Cl.Cl.Fc1cc([C@@H](c2ccc(OC(F)(F)F)cc2)N2CCNCC2)ccc1Br. The first-order chi connectivity index (χ1) is 12.3. The number of ether oxygens (including phenoxy) is 1. The summed E-state index contributed by atoms with van der Waals surface area (Å²) in [5.41, 5.74) is 1.53. The minimum atomic E-state index is -4.73. The third kappa shape index (κ3) is 6.49. The number of hydrogen-bond acceptors (Lipinski definition) is 3. The molecule has 2 aromatic rings. The molecule has 28 heavy (non-hydrogen) atoms. The number of alkyl halides is 3. The van der Waals surface area contributed by atoms with Crippen LogP contribution in [-0.4, -0.2) is 37.4 Å². The van der Waals surface area contributed by atoms with E-state index in [2.05, 4.69) is 30.9 Å². The van der Waals surface area contributed by atoms with Crippen LogP contribution in [0.3, 0.4) is 0 Å². The second-order valence-corrected chi connectivity index (χ2v) is 6.83. The number of piperazine rings is 1. The average molecular weight is 506 g/mol. The first kappa shape index (κ1) is 25.0. The molecule has 0 amide bonds. The van der Waals surface area contributed by atoms with E-state index < -0.39 is 6.36 Å². The number of benzene rings is 2. The Bertz CT molecular complexity index is 756. The maximum Gasteiger partial charge on any atom is 0.573 e. The zero-order chi connectivity index (χ0) is 18.7. The summed E-state index contributed by atoms with van der Waals surface area (Å²) in [5, 5.41) is 3.26. The minimum absolute atomic E-state index is 0. The second kappa shape index (κ2) is 10.6. The number of nitrogens with zero attached hydrogens (tertiary/aromatic N) is 1. The van der Waals surface area contributed by atoms with Crippen molar-refractivity contribution in [3.63, 3.8) is 0 Å². The van der Waals surface area contributed by atoms with E-state index >= 15 is 0 Å². The Morgan fingerprint density at radius 2 is 1.54 bits per heavy atom. The van der Waals surface area contributed by atoms with E-state index in [1.807, 2.05) is 6.07 Å². The van der Waals surface area contributed by atoms with Crippen molar-refractivity contribution >= 4 is 40.7 Å². The molecule has 1 fully saturated rings. The van der Waals surface area contributed by atoms with Gasteiger partial charge in [-0.3, -0.25) is 4.90 Å². The highest BCUT2D eigenvalue weighted by molar-refractivity contribution is 9.10. The number of hydrogen-bond donors (Lipinski definition) is 1. The van der Waals surface area contributed by atoms with Crippen LogP contribution in [0.15, 0.2) is 46.9 Å². The lowest BCUT2D eigenvalue weighted by molar-refractivity contribution is -0.274. The Morgan fingerprint density at radius 1 is 0.964 bits per heavy atom. The van der Waals surface area contributed by atoms with Crippen LogP contribution in [0.4, 0.5) is 17.6 Å². The molecule has 0 unspecified atom stereocenters. The highest BCUT2D eigenvalue weighted by Gasteiger charge is 2.31. The van der Waals surface area contributed by atoms with Crippen molar-refractivity contribution in [1.82, 2.24) is 10.2 Å². The lowest BCUT2D eigenvalue weighted by Crippen LogP contribution is -2.45. The molecule has 0 radical (unpaired) electrons. The van der Waals surface area contributed by atoms with Crippen molar-refractivity contribution in [2.75, 3.05) is 26.2 Å². The zero-order valence-corrected chi connectivity index (χ0v) is 17.7. The normalized spacial score (nSPS) is 15.9. The molecule has 156 valence electrons. The first-order valence-electron chi connectivity index (χ1n) is 8.09. The van der Waals surface area contributed by atoms with E-state index in [0.29, 0.717) is 4.47 Å². The summed E-state index contributed by atoms with van der Waals surface area (Å²) < 4.78 is 55.4. The monoisotopic (exact) mass is 504 g/mol. The van der Waals surface area contributed by atoms with Crippen molar-refractivity contribution in [1.29, 1.82) is 0 Å². The smallest absolute Gasteiger partial charge is 0.406 e. The lowest BCUT2D eigenvalue weighted by Gasteiger charge is -2.35. The van der Waals surface area contributed by atoms with E-state index in [4.69, 9.17) is 0 Å². The van der Waals surface area contributed by atoms with Crippen LogP contribution >= 0.6 is 40.7 Å². The van der Waals surface area contributed by atoms with E-state index in [9.17, 15) is 17.6 Å². The molecule has 1 saturated heterocycles. The van der Waals surface area contributed by atoms with Gasteiger partial charge in [0.05, 0.1) is 10.5 Å². The van der Waals surface area contributed by atoms with Crippen LogP contribution in [0.1, 0.15) is 17.2 Å². The third-order valence-corrected chi connectivity index (χ3v) is 4.85. The van der Waals surface area contributed by atoms with Crippen LogP contribution in [-0.2, 0) is 0 Å². The highest BCUT2D eigenvalue weighted by atomic mass is 79.9. The second-order valence-electron chi connectivity index (χ2n) is 5.98. The van der Waals surface area contributed by atoms with Gasteiger partial charge >= 0.3 is 6.36 Å². The molecule has 0 aromatic heterocycles. The van der Waals surface area contributed by atoms with Crippen LogP contribution in [0, 0.1) is 5.82 Å². The van der Waals surface area contributed by atoms with E-state index in [1.54, 1.807) is 18.2 Å². The molecule has 1 heterocycles. The van der Waals surface area contributed by atoms with Gasteiger partial charge in [-0.15, -0.1) is 38.0 Å². The summed E-state index contributed by atoms with van der Waals surface area (Å²) in [4.78, 5) is 2.18. The van der Waals surface area contributed by atoms with Gasteiger partial charge in [0.2, 0.25) is 0 Å². The fourth-order valence-corrected chi connectivity index (χ4v) is 3.34. The first-order valence-corrected chi connectivity index (χ1v) is 8.88. The molecule has 3 nitrogen and oxygen atoms in total. The number of nitrogens with one attached hydrogen (secondary N) is 1. The standard InChI is InChI=1S/C18H17BrF4N2O.2ClH/c19-15-6-3-13(11-16(15)20)17(25-9-7-24-8-10-25)12-1-4-14(5-2-12)26-18(21,22)23;;/h1-6,11,17,24H,7-10H2;2*1H/t17-;;/m1../s1. The predicted octanol–water partition coefficient (Wildman–Crippen LogP) is 5.33. The molecule has 2 aromatic carbocycles. The molecule has 0 saturated carbocycles. The summed E-state index contributed by atoms with van der Waals surface area (Å²) in [6.45, 7) is 3.10. The summed E-state index contributed by atoms with van der Waals surface area (Å²) in [6, 6.07) is 10.4. The molecule has 10 heteroatoms. The van der Waals surface area contributed by atoms with E-state index in [1.165, 1.54) is 18.2 Å². The van der Waals surface area contributed by atoms with Crippen LogP contribution in [0.5, 0.6) is 5.75 Å². The maximum absolute atomic E-state index is 14.0. The summed E-state index contributed by atoms with van der Waals surface area (Å²) in [7, 11) is 0. The minimum Gasteiger partial charge on any atom is -0.406 e. The van der Waals surface area contributed by atoms with Crippen molar-refractivity contribution in [2.24, 2.45) is 0 Å². The van der Waals surface area contributed by atoms with Gasteiger partial charge in [0.25, 0.3) is 0 Å². The number of rotatable bonds is 4. The Morgan fingerprint density at radius 3 is 2.07 bits per heavy atom. The van der Waals surface area contributed by atoms with Gasteiger partial charge in [-0.25, -0.2) is 4.39 Å². The molecule has 0 aliphatic carbocycles. The molecular formula is C18H19BrCl2F4N2O. The topological polar surface area (TPSA) is 24.5 Å². The van der Waals surface area contributed by atoms with Gasteiger partial charge in [0.1, 0.15) is 11.6 Å². The summed E-state index contributed by atoms with van der Waals surface area (Å²) >= 11 is 3.15. The summed E-state index contributed by atoms with van der Waals surface area (Å²) in [6.07, 6.45) is -4.73. The van der Waals surface area contributed by atoms with Crippen molar-refractivity contribution < 1.29 is 22.3 Å². The van der Waals surface area contributed by atoms with Crippen LogP contribution in [0.25, 0.3) is 0 Å². The average Bonchev–Trinajstić information content (AvgIpc) is 2.59. The molecule has 1 atom stereocenters. The van der Waals surface area contributed by atoms with Gasteiger partial charge in [-0.2, -0.15) is 0 Å². The van der Waals surface area contributed by atoms with Gasteiger partial charge in [-0.05, 0) is 51.3 Å². The van der Waals surface area contributed by atoms with Gasteiger partial charge < -0.3 is 10.1 Å². The molecule has 0 bridgehead atoms. The Balaban J connectivity index is 0.00000196. The Kier molecular flexibility index (Phi) is 9.49. The molecule has 0 spiro atoms. The molecular weight excluding hydrogens is 487 g/mol. The maximum atomic E-state index is 14.0. The van der Waals surface area contributed by atoms with Gasteiger partial charge in [-0.1, -0.05) is 18.2 Å². The fourth-order valence-electron chi connectivity index (χ4n) is 3.09. The Labute approximate surface area is 181 Å². The zero-order valence-electron chi connectivity index (χ0n) is 14.5. The fraction of sp³-hybridized carbons (Fsp3) is 0.333. The lowest BCUT2D eigenvalue weighted by atomic mass is 9.96. The molecule has 1 aliphatic rings. The van der Waals surface area contributed by atoms with E-state index in [0.717, 1.165) is 37.3 Å². The predicted molar refractivity (Wildman–Crippen MR) is 108 cm³/mol. The van der Waals surface area contributed by atoms with Crippen molar-refractivity contribution in [3.8, 4) is 5.75 Å². The molecule has 3 rings (SSSR count). The summed E-state index contributed by atoms with van der Waals surface area (Å²) in [5.74, 6) is -0.651. The van der Waals surface area contributed by atoms with E-state index in [-0.39, 0.29) is 42.4 Å². The quantitative estimate of drug-likeness (QED) is 0.569. The Hall–Kier alpha value is -1.06. The van der Waals surface area contributed by atoms with Gasteiger partial charge in [0, 0.05) is 26.2 Å². The third-order valence-electron chi connectivity index (χ3n) is 4.21. The van der Waals surface area contributed by atoms with Gasteiger partial charge in [0.15, 0.2) is 0 Å². The van der Waals surface area contributed by atoms with Crippen LogP contribution in [0.2, 0.25) is 0 Å². The number of halogens is 7. The van der Waals surface area contributed by atoms with Crippen LogP contribution < -0.4 is 10.1 Å². The molecule has 1 aliphatic heterocycles. The molecule has 1 N–H and O–H groups in total.